The predicted octanol–water partition coefficient (Wildman–Crippen LogP) is 2.50. The molecule has 0 saturated carbocycles. The van der Waals surface area contributed by atoms with Crippen LogP contribution in [0.25, 0.3) is 0 Å². The minimum Gasteiger partial charge on any atom is -0.350 e. The summed E-state index contributed by atoms with van der Waals surface area (Å²) < 4.78 is 13.3. The molecule has 0 spiro atoms. The smallest absolute Gasteiger partial charge is 0.217 e. The summed E-state index contributed by atoms with van der Waals surface area (Å²) in [7, 11) is 0.868. The molecule has 1 aliphatic heterocycles. The van der Waals surface area contributed by atoms with Gasteiger partial charge >= 0.3 is 0 Å². The van der Waals surface area contributed by atoms with E-state index in [1.807, 2.05) is 6.20 Å². The van der Waals surface area contributed by atoms with Crippen LogP contribution in [0.2, 0.25) is 0 Å². The number of hydrogen-bond donors (Lipinski definition) is 0. The van der Waals surface area contributed by atoms with E-state index in [1.54, 1.807) is 0 Å². The normalized spacial score (nSPS) is 14.8. The zero-order valence-electron chi connectivity index (χ0n) is 14.8. The number of hydrogen-bond acceptors (Lipinski definition) is 3. The largest absolute Gasteiger partial charge is 0.350 e. The van der Waals surface area contributed by atoms with Crippen molar-refractivity contribution in [1.29, 1.82) is 0 Å². The highest BCUT2D eigenvalue weighted by molar-refractivity contribution is 6.54. The summed E-state index contributed by atoms with van der Waals surface area (Å²) in [5.74, 6) is 0.289. The Labute approximate surface area is 155 Å². The van der Waals surface area contributed by atoms with Gasteiger partial charge in [0.1, 0.15) is 0 Å². The fourth-order valence-electron chi connectivity index (χ4n) is 3.53. The van der Waals surface area contributed by atoms with Gasteiger partial charge in [0.2, 0.25) is 7.28 Å². The summed E-state index contributed by atoms with van der Waals surface area (Å²) >= 11 is 0. The molecule has 0 unspecified atom stereocenters. The van der Waals surface area contributed by atoms with E-state index in [9.17, 15) is 0 Å². The van der Waals surface area contributed by atoms with Gasteiger partial charge in [0, 0.05) is 25.4 Å². The van der Waals surface area contributed by atoms with Crippen LogP contribution in [-0.2, 0) is 16.0 Å². The number of benzene rings is 2. The number of aromatic nitrogens is 2. The van der Waals surface area contributed by atoms with E-state index < -0.39 is 0 Å². The molecule has 0 amide bonds. The summed E-state index contributed by atoms with van der Waals surface area (Å²) in [4.78, 5) is 4.63. The first-order valence-electron chi connectivity index (χ1n) is 9.23. The number of ether oxygens (including phenoxy) is 2. The van der Waals surface area contributed by atoms with Gasteiger partial charge in [-0.3, -0.25) is 4.98 Å². The number of imidazole rings is 1. The molecule has 5 heteroatoms. The molecule has 3 aromatic rings. The third kappa shape index (κ3) is 4.06. The van der Waals surface area contributed by atoms with Crippen molar-refractivity contribution >= 4 is 13.0 Å². The fraction of sp³-hybridized carbons (Fsp3) is 0.286. The Kier molecular flexibility index (Phi) is 5.48. The summed E-state index contributed by atoms with van der Waals surface area (Å²) in [5.41, 5.74) is 3.73. The molecule has 132 valence electrons. The van der Waals surface area contributed by atoms with Gasteiger partial charge in [-0.25, -0.2) is 0 Å². The van der Waals surface area contributed by atoms with Crippen LogP contribution in [0.4, 0.5) is 0 Å². The minimum atomic E-state index is -0.0794. The van der Waals surface area contributed by atoms with E-state index in [0.717, 1.165) is 26.0 Å². The number of nitrogens with zero attached hydrogens (tertiary/aromatic N) is 2. The molecule has 0 atom stereocenters. The summed E-state index contributed by atoms with van der Waals surface area (Å²) in [6.07, 6.45) is 4.71. The molecule has 4 rings (SSSR count). The van der Waals surface area contributed by atoms with Gasteiger partial charge in [-0.15, -0.1) is 0 Å². The van der Waals surface area contributed by atoms with E-state index in [1.165, 1.54) is 11.1 Å². The maximum Gasteiger partial charge on any atom is 0.217 e. The highest BCUT2D eigenvalue weighted by Gasteiger charge is 2.21. The monoisotopic (exact) mass is 346 g/mol. The second-order valence-corrected chi connectivity index (χ2v) is 6.57. The van der Waals surface area contributed by atoms with E-state index >= 15 is 0 Å². The van der Waals surface area contributed by atoms with Gasteiger partial charge in [-0.1, -0.05) is 60.7 Å². The third-order valence-electron chi connectivity index (χ3n) is 4.89. The SMILES string of the molecule is B(c1nccn1CCC1OCCO1)C(c1ccccc1)c1ccccc1. The van der Waals surface area contributed by atoms with Gasteiger partial charge in [0.15, 0.2) is 6.29 Å². The molecule has 0 N–H and O–H groups in total. The van der Waals surface area contributed by atoms with Gasteiger partial charge in [-0.2, -0.15) is 0 Å². The van der Waals surface area contributed by atoms with Crippen LogP contribution < -0.4 is 5.72 Å². The number of aryl methyl sites for hydroxylation is 1. The van der Waals surface area contributed by atoms with Crippen LogP contribution in [0.3, 0.4) is 0 Å². The second-order valence-electron chi connectivity index (χ2n) is 6.57. The summed E-state index contributed by atoms with van der Waals surface area (Å²) in [5, 5.41) is 0. The first-order chi connectivity index (χ1) is 12.9. The Balaban J connectivity index is 1.54. The molecule has 26 heavy (non-hydrogen) atoms. The van der Waals surface area contributed by atoms with E-state index in [4.69, 9.17) is 9.47 Å². The molecular formula is C21H23BN2O2. The average molecular weight is 346 g/mol. The lowest BCUT2D eigenvalue weighted by Crippen LogP contribution is -2.32. The van der Waals surface area contributed by atoms with Gasteiger partial charge in [0.25, 0.3) is 0 Å². The maximum atomic E-state index is 5.55. The molecule has 2 heterocycles. The van der Waals surface area contributed by atoms with Crippen molar-refractivity contribution in [3.05, 3.63) is 84.2 Å². The van der Waals surface area contributed by atoms with Gasteiger partial charge < -0.3 is 14.0 Å². The Bertz CT molecular complexity index is 762. The van der Waals surface area contributed by atoms with Crippen molar-refractivity contribution in [2.24, 2.45) is 0 Å². The van der Waals surface area contributed by atoms with E-state index in [2.05, 4.69) is 76.4 Å². The lowest BCUT2D eigenvalue weighted by Gasteiger charge is -2.18. The molecular weight excluding hydrogens is 323 g/mol. The molecule has 2 aromatic carbocycles. The molecule has 1 fully saturated rings. The minimum absolute atomic E-state index is 0.0794. The van der Waals surface area contributed by atoms with Crippen molar-refractivity contribution in [2.75, 3.05) is 13.2 Å². The predicted molar refractivity (Wildman–Crippen MR) is 104 cm³/mol. The maximum absolute atomic E-state index is 5.55. The quantitative estimate of drug-likeness (QED) is 0.617. The molecule has 0 radical (unpaired) electrons. The average Bonchev–Trinajstić information content (AvgIpc) is 3.37. The topological polar surface area (TPSA) is 36.3 Å². The van der Waals surface area contributed by atoms with Crippen molar-refractivity contribution < 1.29 is 9.47 Å². The Morgan fingerprint density at radius 2 is 1.58 bits per heavy atom. The van der Waals surface area contributed by atoms with Gasteiger partial charge in [0.05, 0.1) is 18.9 Å². The second kappa shape index (κ2) is 8.34. The van der Waals surface area contributed by atoms with Crippen LogP contribution in [0, 0.1) is 0 Å². The van der Waals surface area contributed by atoms with E-state index in [-0.39, 0.29) is 12.1 Å². The summed E-state index contributed by atoms with van der Waals surface area (Å²) in [6.45, 7) is 2.26. The van der Waals surface area contributed by atoms with E-state index in [0.29, 0.717) is 13.2 Å². The van der Waals surface area contributed by atoms with Crippen LogP contribution in [-0.4, -0.2) is 36.3 Å². The van der Waals surface area contributed by atoms with Crippen LogP contribution in [0.15, 0.2) is 73.1 Å². The molecule has 4 nitrogen and oxygen atoms in total. The summed E-state index contributed by atoms with van der Waals surface area (Å²) in [6, 6.07) is 21.3. The van der Waals surface area contributed by atoms with Gasteiger partial charge in [-0.05, 0) is 16.9 Å². The van der Waals surface area contributed by atoms with Crippen molar-refractivity contribution in [3.63, 3.8) is 0 Å². The molecule has 0 aliphatic carbocycles. The zero-order chi connectivity index (χ0) is 17.6. The van der Waals surface area contributed by atoms with Crippen LogP contribution in [0.1, 0.15) is 23.4 Å². The van der Waals surface area contributed by atoms with Crippen molar-refractivity contribution in [1.82, 2.24) is 9.55 Å². The molecule has 1 saturated heterocycles. The Morgan fingerprint density at radius 1 is 0.962 bits per heavy atom. The fourth-order valence-corrected chi connectivity index (χ4v) is 3.53. The van der Waals surface area contributed by atoms with Crippen LogP contribution >= 0.6 is 0 Å². The highest BCUT2D eigenvalue weighted by Crippen LogP contribution is 2.23. The van der Waals surface area contributed by atoms with Crippen molar-refractivity contribution in [3.8, 4) is 0 Å². The third-order valence-corrected chi connectivity index (χ3v) is 4.89. The number of rotatable bonds is 7. The highest BCUT2D eigenvalue weighted by atomic mass is 16.7. The molecule has 1 aromatic heterocycles. The first kappa shape index (κ1) is 17.1. The Morgan fingerprint density at radius 3 is 2.19 bits per heavy atom. The molecule has 0 bridgehead atoms. The van der Waals surface area contributed by atoms with Crippen LogP contribution in [0.5, 0.6) is 0 Å². The zero-order valence-corrected chi connectivity index (χ0v) is 14.8. The lowest BCUT2D eigenvalue weighted by atomic mass is 9.58. The molecule has 1 aliphatic rings. The lowest BCUT2D eigenvalue weighted by molar-refractivity contribution is -0.0489. The first-order valence-corrected chi connectivity index (χ1v) is 9.23. The Hall–Kier alpha value is -2.37. The van der Waals surface area contributed by atoms with Crippen molar-refractivity contribution in [2.45, 2.75) is 25.1 Å². The standard InChI is InChI=1S/C21H23BN2O2/c1-3-7-17(8-4-1)20(18-9-5-2-6-10-18)22-21-23-12-14-24(21)13-11-19-25-15-16-26-19/h1-10,12,14,19-20,22H,11,13,15-16H2.